The lowest BCUT2D eigenvalue weighted by molar-refractivity contribution is -0.140. The predicted molar refractivity (Wildman–Crippen MR) is 165 cm³/mol. The van der Waals surface area contributed by atoms with Crippen molar-refractivity contribution < 1.29 is 18.0 Å². The molecule has 0 aliphatic carbocycles. The SMILES string of the molecule is CCCCNC(=O)C(Cc1ccccc1)N(Cc1ccc(Br)cc1)C(=O)CN(c1ccc(C)c(Cl)c1)S(C)(=O)=O. The van der Waals surface area contributed by atoms with E-state index in [1.807, 2.05) is 68.4 Å². The van der Waals surface area contributed by atoms with E-state index in [1.165, 1.54) is 11.0 Å². The number of carbonyl (C=O) groups excluding carboxylic acids is 2. The fourth-order valence-corrected chi connectivity index (χ4v) is 5.48. The van der Waals surface area contributed by atoms with Crippen molar-refractivity contribution in [2.45, 2.75) is 45.7 Å². The summed E-state index contributed by atoms with van der Waals surface area (Å²) in [5.74, 6) is -0.788. The molecule has 0 aromatic heterocycles. The van der Waals surface area contributed by atoms with Gasteiger partial charge in [0.05, 0.1) is 11.9 Å². The summed E-state index contributed by atoms with van der Waals surface area (Å²) in [7, 11) is -3.86. The number of sulfonamides is 1. The van der Waals surface area contributed by atoms with Gasteiger partial charge in [0.25, 0.3) is 0 Å². The third kappa shape index (κ3) is 9.08. The molecule has 1 N–H and O–H groups in total. The Morgan fingerprint density at radius 3 is 2.27 bits per heavy atom. The number of benzene rings is 3. The molecule has 3 rings (SSSR count). The van der Waals surface area contributed by atoms with Gasteiger partial charge in [-0.3, -0.25) is 13.9 Å². The maximum atomic E-state index is 14.1. The maximum absolute atomic E-state index is 14.1. The normalized spacial score (nSPS) is 12.0. The summed E-state index contributed by atoms with van der Waals surface area (Å²) in [6.45, 7) is 3.97. The molecule has 2 amide bonds. The summed E-state index contributed by atoms with van der Waals surface area (Å²) in [5, 5.41) is 3.36. The van der Waals surface area contributed by atoms with E-state index in [-0.39, 0.29) is 24.6 Å². The smallest absolute Gasteiger partial charge is 0.244 e. The molecule has 0 aliphatic rings. The fraction of sp³-hybridized carbons (Fsp3) is 0.333. The number of carbonyl (C=O) groups is 2. The van der Waals surface area contributed by atoms with Crippen molar-refractivity contribution in [2.24, 2.45) is 0 Å². The Kier molecular flexibility index (Phi) is 11.6. The summed E-state index contributed by atoms with van der Waals surface area (Å²) in [5.41, 5.74) is 2.76. The van der Waals surface area contributed by atoms with Crippen LogP contribution in [0.25, 0.3) is 0 Å². The van der Waals surface area contributed by atoms with Gasteiger partial charge in [0, 0.05) is 29.0 Å². The molecule has 0 radical (unpaired) electrons. The second-order valence-electron chi connectivity index (χ2n) is 9.70. The first-order valence-electron chi connectivity index (χ1n) is 13.1. The molecule has 214 valence electrons. The van der Waals surface area contributed by atoms with Crippen LogP contribution < -0.4 is 9.62 Å². The molecule has 0 spiro atoms. The largest absolute Gasteiger partial charge is 0.354 e. The Hall–Kier alpha value is -2.88. The zero-order valence-corrected chi connectivity index (χ0v) is 26.1. The van der Waals surface area contributed by atoms with Crippen molar-refractivity contribution in [3.05, 3.63) is 99.0 Å². The molecule has 40 heavy (non-hydrogen) atoms. The number of unbranched alkanes of at least 4 members (excludes halogenated alkanes) is 1. The number of amides is 2. The van der Waals surface area contributed by atoms with Gasteiger partial charge in [-0.05, 0) is 54.3 Å². The summed E-state index contributed by atoms with van der Waals surface area (Å²) in [4.78, 5) is 29.1. The number of anilines is 1. The van der Waals surface area contributed by atoms with Crippen LogP contribution in [0.3, 0.4) is 0 Å². The molecule has 0 saturated carbocycles. The van der Waals surface area contributed by atoms with Crippen LogP contribution in [-0.4, -0.2) is 50.5 Å². The zero-order chi connectivity index (χ0) is 29.3. The highest BCUT2D eigenvalue weighted by Crippen LogP contribution is 2.26. The fourth-order valence-electron chi connectivity index (χ4n) is 4.20. The average Bonchev–Trinajstić information content (AvgIpc) is 2.92. The van der Waals surface area contributed by atoms with Crippen molar-refractivity contribution in [3.8, 4) is 0 Å². The minimum absolute atomic E-state index is 0.122. The lowest BCUT2D eigenvalue weighted by Crippen LogP contribution is -2.53. The third-order valence-corrected chi connectivity index (χ3v) is 8.57. The summed E-state index contributed by atoms with van der Waals surface area (Å²) in [6, 6.07) is 20.9. The van der Waals surface area contributed by atoms with E-state index < -0.39 is 28.5 Å². The highest BCUT2D eigenvalue weighted by Gasteiger charge is 2.33. The van der Waals surface area contributed by atoms with Gasteiger partial charge in [0.15, 0.2) is 0 Å². The second kappa shape index (κ2) is 14.7. The number of halogens is 2. The van der Waals surface area contributed by atoms with Crippen LogP contribution >= 0.6 is 27.5 Å². The van der Waals surface area contributed by atoms with Crippen molar-refractivity contribution in [3.63, 3.8) is 0 Å². The Morgan fingerprint density at radius 2 is 1.68 bits per heavy atom. The molecular weight excluding hydrogens is 614 g/mol. The van der Waals surface area contributed by atoms with Crippen LogP contribution in [0.1, 0.15) is 36.5 Å². The van der Waals surface area contributed by atoms with E-state index in [1.54, 1.807) is 12.1 Å². The zero-order valence-electron chi connectivity index (χ0n) is 22.9. The van der Waals surface area contributed by atoms with Gasteiger partial charge in [-0.15, -0.1) is 0 Å². The van der Waals surface area contributed by atoms with Crippen molar-refractivity contribution in [1.29, 1.82) is 0 Å². The quantitative estimate of drug-likeness (QED) is 0.240. The van der Waals surface area contributed by atoms with Gasteiger partial charge in [-0.2, -0.15) is 0 Å². The minimum atomic E-state index is -3.86. The second-order valence-corrected chi connectivity index (χ2v) is 12.9. The van der Waals surface area contributed by atoms with Crippen molar-refractivity contribution in [1.82, 2.24) is 10.2 Å². The van der Waals surface area contributed by atoms with E-state index in [0.29, 0.717) is 11.6 Å². The molecular formula is C30H35BrClN3O4S. The van der Waals surface area contributed by atoms with E-state index in [9.17, 15) is 18.0 Å². The Morgan fingerprint density at radius 1 is 1.00 bits per heavy atom. The first-order valence-corrected chi connectivity index (χ1v) is 16.1. The average molecular weight is 649 g/mol. The Bertz CT molecular complexity index is 1400. The molecule has 3 aromatic rings. The van der Waals surface area contributed by atoms with Gasteiger partial charge in [-0.1, -0.05) is 89.4 Å². The van der Waals surface area contributed by atoms with E-state index in [4.69, 9.17) is 11.6 Å². The summed E-state index contributed by atoms with van der Waals surface area (Å²) < 4.78 is 27.7. The van der Waals surface area contributed by atoms with E-state index in [2.05, 4.69) is 21.2 Å². The molecule has 0 heterocycles. The minimum Gasteiger partial charge on any atom is -0.354 e. The van der Waals surface area contributed by atoms with Crippen LogP contribution in [0.15, 0.2) is 77.3 Å². The lowest BCUT2D eigenvalue weighted by atomic mass is 10.0. The van der Waals surface area contributed by atoms with Crippen LogP contribution in [0.5, 0.6) is 0 Å². The molecule has 0 fully saturated rings. The molecule has 0 bridgehead atoms. The number of hydrogen-bond donors (Lipinski definition) is 1. The molecule has 1 atom stereocenters. The van der Waals surface area contributed by atoms with Gasteiger partial charge in [-0.25, -0.2) is 8.42 Å². The van der Waals surface area contributed by atoms with Crippen molar-refractivity contribution in [2.75, 3.05) is 23.7 Å². The third-order valence-electron chi connectivity index (χ3n) is 6.49. The van der Waals surface area contributed by atoms with Crippen molar-refractivity contribution >= 4 is 55.1 Å². The summed E-state index contributed by atoms with van der Waals surface area (Å²) >= 11 is 9.73. The monoisotopic (exact) mass is 647 g/mol. The Balaban J connectivity index is 2.03. The van der Waals surface area contributed by atoms with Crippen LogP contribution in [0, 0.1) is 6.92 Å². The number of rotatable bonds is 13. The van der Waals surface area contributed by atoms with Gasteiger partial charge < -0.3 is 10.2 Å². The first-order chi connectivity index (χ1) is 19.0. The van der Waals surface area contributed by atoms with Gasteiger partial charge >= 0.3 is 0 Å². The van der Waals surface area contributed by atoms with Crippen LogP contribution in [-0.2, 0) is 32.6 Å². The lowest BCUT2D eigenvalue weighted by Gasteiger charge is -2.33. The molecule has 7 nitrogen and oxygen atoms in total. The molecule has 0 saturated heterocycles. The highest BCUT2D eigenvalue weighted by molar-refractivity contribution is 9.10. The van der Waals surface area contributed by atoms with E-state index in [0.717, 1.165) is 44.6 Å². The Labute approximate surface area is 250 Å². The number of hydrogen-bond acceptors (Lipinski definition) is 4. The highest BCUT2D eigenvalue weighted by atomic mass is 79.9. The topological polar surface area (TPSA) is 86.8 Å². The number of nitrogens with zero attached hydrogens (tertiary/aromatic N) is 2. The van der Waals surface area contributed by atoms with Gasteiger partial charge in [0.2, 0.25) is 21.8 Å². The molecule has 10 heteroatoms. The first kappa shape index (κ1) is 31.6. The van der Waals surface area contributed by atoms with Crippen LogP contribution in [0.2, 0.25) is 5.02 Å². The van der Waals surface area contributed by atoms with Gasteiger partial charge in [0.1, 0.15) is 12.6 Å². The molecule has 3 aromatic carbocycles. The van der Waals surface area contributed by atoms with Crippen LogP contribution in [0.4, 0.5) is 5.69 Å². The standard InChI is InChI=1S/C30H35BrClN3O4S/c1-4-5-17-33-30(37)28(18-23-9-7-6-8-10-23)34(20-24-12-14-25(31)15-13-24)29(36)21-35(40(3,38)39)26-16-11-22(2)27(32)19-26/h6-16,19,28H,4-5,17-18,20-21H2,1-3H3,(H,33,37). The number of aryl methyl sites for hydroxylation is 1. The number of nitrogens with one attached hydrogen (secondary N) is 1. The molecule has 1 unspecified atom stereocenters. The van der Waals surface area contributed by atoms with E-state index >= 15 is 0 Å². The molecule has 0 aliphatic heterocycles. The summed E-state index contributed by atoms with van der Waals surface area (Å²) in [6.07, 6.45) is 3.04. The predicted octanol–water partition coefficient (Wildman–Crippen LogP) is 5.73. The maximum Gasteiger partial charge on any atom is 0.244 e.